The van der Waals surface area contributed by atoms with Crippen molar-refractivity contribution in [3.05, 3.63) is 35.4 Å². The van der Waals surface area contributed by atoms with Gasteiger partial charge in [0.15, 0.2) is 1.41 Å². The van der Waals surface area contributed by atoms with E-state index in [0.717, 1.165) is 5.56 Å². The smallest absolute Gasteiger partial charge is 0.314 e. The average Bonchev–Trinajstić information content (AvgIpc) is 2.67. The Balaban J connectivity index is 0.00000141. The van der Waals surface area contributed by atoms with E-state index in [4.69, 9.17) is 1.41 Å². The Morgan fingerprint density at radius 1 is 1.24 bits per heavy atom. The zero-order valence-corrected chi connectivity index (χ0v) is 15.0. The van der Waals surface area contributed by atoms with Crippen molar-refractivity contribution < 1.29 is 20.5 Å². The van der Waals surface area contributed by atoms with E-state index in [1.807, 2.05) is 13.8 Å². The lowest BCUT2D eigenvalue weighted by atomic mass is 10.1. The van der Waals surface area contributed by atoms with E-state index in [-0.39, 0.29) is 24.8 Å². The molecule has 0 aliphatic carbocycles. The van der Waals surface area contributed by atoms with Gasteiger partial charge in [-0.05, 0) is 31.5 Å². The lowest BCUT2D eigenvalue weighted by Gasteiger charge is -2.14. The molecule has 3 N–H and O–H groups in total. The molecular formula is C18H25N3O4. The van der Waals surface area contributed by atoms with Gasteiger partial charge in [0.2, 0.25) is 0 Å². The predicted molar refractivity (Wildman–Crippen MR) is 95.6 cm³/mol. The van der Waals surface area contributed by atoms with Gasteiger partial charge < -0.3 is 20.7 Å². The number of nitrogens with zero attached hydrogens (tertiary/aromatic N) is 1. The molecule has 25 heavy (non-hydrogen) atoms. The second kappa shape index (κ2) is 12.4. The number of methoxy groups -OCH3 is 1. The van der Waals surface area contributed by atoms with Crippen LogP contribution in [0.15, 0.2) is 24.3 Å². The third-order valence-electron chi connectivity index (χ3n) is 3.07. The molecule has 1 rings (SSSR count). The van der Waals surface area contributed by atoms with Crippen LogP contribution in [0.3, 0.4) is 0 Å². The van der Waals surface area contributed by atoms with Crippen LogP contribution in [0.25, 0.3) is 0 Å². The van der Waals surface area contributed by atoms with E-state index in [1.165, 1.54) is 12.0 Å². The van der Waals surface area contributed by atoms with Crippen LogP contribution in [0.4, 0.5) is 4.79 Å². The van der Waals surface area contributed by atoms with Crippen LogP contribution >= 0.6 is 0 Å². The first-order chi connectivity index (χ1) is 12.4. The second-order valence-corrected chi connectivity index (χ2v) is 4.94. The molecule has 0 saturated heterocycles. The highest BCUT2D eigenvalue weighted by Crippen LogP contribution is 2.07. The molecule has 1 aromatic carbocycles. The van der Waals surface area contributed by atoms with Gasteiger partial charge in [-0.15, -0.1) is 11.8 Å². The Bertz CT molecular complexity index is 645. The molecule has 7 nitrogen and oxygen atoms in total. The molecule has 136 valence electrons. The minimum Gasteiger partial charge on any atom is -0.469 e. The van der Waals surface area contributed by atoms with E-state index in [9.17, 15) is 14.4 Å². The van der Waals surface area contributed by atoms with Crippen molar-refractivity contribution in [2.45, 2.75) is 26.8 Å². The van der Waals surface area contributed by atoms with Crippen LogP contribution in [0.1, 0.15) is 36.2 Å². The molecule has 0 saturated carbocycles. The molecule has 0 unspecified atom stereocenters. The number of benzene rings is 1. The molecule has 0 atom stereocenters. The third-order valence-corrected chi connectivity index (χ3v) is 3.07. The zero-order valence-electron chi connectivity index (χ0n) is 16.0. The van der Waals surface area contributed by atoms with Gasteiger partial charge in [-0.1, -0.05) is 12.1 Å². The SMILES string of the molecule is CC#CC.[2H]NC(=O)N(C)Cc1ccc(C(=O)NCCC(=O)OC)cc1. The van der Waals surface area contributed by atoms with Crippen LogP contribution in [0, 0.1) is 11.8 Å². The molecule has 7 heteroatoms. The predicted octanol–water partition coefficient (Wildman–Crippen LogP) is 1.52. The molecule has 0 aliphatic rings. The Morgan fingerprint density at radius 2 is 1.84 bits per heavy atom. The van der Waals surface area contributed by atoms with E-state index in [1.54, 1.807) is 37.0 Å². The third kappa shape index (κ3) is 9.66. The molecule has 0 spiro atoms. The van der Waals surface area contributed by atoms with Gasteiger partial charge in [-0.25, -0.2) is 4.79 Å². The number of hydrogen-bond acceptors (Lipinski definition) is 4. The van der Waals surface area contributed by atoms with Gasteiger partial charge in [-0.2, -0.15) is 0 Å². The number of nitrogens with one attached hydrogen (secondary N) is 1. The molecule has 0 aliphatic heterocycles. The second-order valence-electron chi connectivity index (χ2n) is 4.94. The number of ether oxygens (including phenoxy) is 1. The fourth-order valence-electron chi connectivity index (χ4n) is 1.59. The fraction of sp³-hybridized carbons (Fsp3) is 0.389. The minimum absolute atomic E-state index is 0.118. The Morgan fingerprint density at radius 3 is 2.32 bits per heavy atom. The monoisotopic (exact) mass is 348 g/mol. The van der Waals surface area contributed by atoms with Gasteiger partial charge in [0.05, 0.1) is 13.5 Å². The van der Waals surface area contributed by atoms with Crippen LogP contribution < -0.4 is 11.0 Å². The van der Waals surface area contributed by atoms with Gasteiger partial charge in [0, 0.05) is 25.7 Å². The fourth-order valence-corrected chi connectivity index (χ4v) is 1.59. The van der Waals surface area contributed by atoms with Crippen LogP contribution in [-0.2, 0) is 16.1 Å². The quantitative estimate of drug-likeness (QED) is 0.601. The molecule has 0 fully saturated rings. The van der Waals surface area contributed by atoms with Crippen molar-refractivity contribution in [2.24, 2.45) is 5.73 Å². The number of carbonyl (C=O) groups is 3. The van der Waals surface area contributed by atoms with Crippen molar-refractivity contribution in [1.82, 2.24) is 10.2 Å². The van der Waals surface area contributed by atoms with E-state index in [0.29, 0.717) is 12.1 Å². The van der Waals surface area contributed by atoms with Gasteiger partial charge in [0.25, 0.3) is 5.91 Å². The maximum absolute atomic E-state index is 11.8. The normalized spacial score (nSPS) is 9.20. The maximum Gasteiger partial charge on any atom is 0.314 e. The van der Waals surface area contributed by atoms with Gasteiger partial charge >= 0.3 is 12.0 Å². The van der Waals surface area contributed by atoms with Crippen molar-refractivity contribution in [3.63, 3.8) is 0 Å². The van der Waals surface area contributed by atoms with Gasteiger partial charge in [-0.3, -0.25) is 9.59 Å². The van der Waals surface area contributed by atoms with E-state index >= 15 is 0 Å². The van der Waals surface area contributed by atoms with Crippen molar-refractivity contribution in [1.29, 1.82) is 0 Å². The highest BCUT2D eigenvalue weighted by molar-refractivity contribution is 5.94. The zero-order chi connectivity index (χ0) is 19.9. The molecule has 1 aromatic rings. The Kier molecular flexibility index (Phi) is 9.95. The van der Waals surface area contributed by atoms with Crippen LogP contribution in [0.5, 0.6) is 0 Å². The average molecular weight is 348 g/mol. The highest BCUT2D eigenvalue weighted by atomic mass is 16.5. The summed E-state index contributed by atoms with van der Waals surface area (Å²) in [4.78, 5) is 35.3. The lowest BCUT2D eigenvalue weighted by Crippen LogP contribution is -2.31. The number of esters is 1. The van der Waals surface area contributed by atoms with Crippen molar-refractivity contribution >= 4 is 17.9 Å². The topological polar surface area (TPSA) is 102 Å². The first kappa shape index (κ1) is 20.0. The summed E-state index contributed by atoms with van der Waals surface area (Å²) < 4.78 is 11.3. The molecule has 0 radical (unpaired) electrons. The first-order valence-electron chi connectivity index (χ1n) is 8.09. The Hall–Kier alpha value is -3.01. The van der Waals surface area contributed by atoms with Gasteiger partial charge in [0.1, 0.15) is 0 Å². The summed E-state index contributed by atoms with van der Waals surface area (Å²) in [6, 6.07) is 6.21. The number of urea groups is 1. The summed E-state index contributed by atoms with van der Waals surface area (Å²) in [7, 11) is 2.86. The van der Waals surface area contributed by atoms with E-state index in [2.05, 4.69) is 21.9 Å². The molecular weight excluding hydrogens is 322 g/mol. The number of primary amides is 1. The molecule has 0 aromatic heterocycles. The molecule has 0 heterocycles. The standard InChI is InChI=1S/C14H19N3O4.C4H6/c1-17(14(15)20)9-10-3-5-11(6-4-10)13(19)16-8-7-12(18)21-2;1-3-4-2/h3-6H,7-9H2,1-2H3,(H2,15,20)(H,16,19);1-2H3/i/hD. The lowest BCUT2D eigenvalue weighted by molar-refractivity contribution is -0.140. The summed E-state index contributed by atoms with van der Waals surface area (Å²) in [5.41, 5.74) is 3.08. The first-order valence-corrected chi connectivity index (χ1v) is 7.59. The van der Waals surface area contributed by atoms with Crippen molar-refractivity contribution in [3.8, 4) is 11.8 Å². The minimum atomic E-state index is -0.510. The summed E-state index contributed by atoms with van der Waals surface area (Å²) in [6.45, 7) is 4.18. The largest absolute Gasteiger partial charge is 0.469 e. The summed E-state index contributed by atoms with van der Waals surface area (Å²) in [5, 5.41) is 2.61. The summed E-state index contributed by atoms with van der Waals surface area (Å²) in [5.74, 6) is 4.69. The highest BCUT2D eigenvalue weighted by Gasteiger charge is 2.08. The number of hydrogen-bond donors (Lipinski definition) is 2. The summed E-state index contributed by atoms with van der Waals surface area (Å²) >= 11 is 0. The van der Waals surface area contributed by atoms with E-state index < -0.39 is 6.03 Å². The van der Waals surface area contributed by atoms with Crippen LogP contribution in [0.2, 0.25) is 1.41 Å². The maximum atomic E-state index is 11.8. The number of carbonyl (C=O) groups excluding carboxylic acids is 3. The molecule has 3 amide bonds. The van der Waals surface area contributed by atoms with Crippen molar-refractivity contribution in [2.75, 3.05) is 20.7 Å². The Labute approximate surface area is 150 Å². The number of rotatable bonds is 6. The number of nitrogens with two attached hydrogens (primary N) is 1. The summed E-state index contributed by atoms with van der Waals surface area (Å²) in [6.07, 6.45) is 0.118. The van der Waals surface area contributed by atoms with Crippen LogP contribution in [-0.4, -0.2) is 43.5 Å². The number of amides is 3. The molecule has 0 bridgehead atoms.